The van der Waals surface area contributed by atoms with Crippen molar-refractivity contribution in [3.05, 3.63) is 99.1 Å². The Morgan fingerprint density at radius 3 is 2.51 bits per heavy atom. The van der Waals surface area contributed by atoms with Crippen LogP contribution in [0.2, 0.25) is 0 Å². The molecule has 0 unspecified atom stereocenters. The summed E-state index contributed by atoms with van der Waals surface area (Å²) in [7, 11) is 0. The maximum atomic E-state index is 13.5. The number of halogens is 3. The summed E-state index contributed by atoms with van der Waals surface area (Å²) in [5, 5.41) is 0. The molecule has 5 rings (SSSR count). The molecular weight excluding hydrogens is 453 g/mol. The predicted octanol–water partition coefficient (Wildman–Crippen LogP) is 6.27. The largest absolute Gasteiger partial charge is 0.285 e. The fourth-order valence-electron chi connectivity index (χ4n) is 4.59. The van der Waals surface area contributed by atoms with Crippen LogP contribution in [0.3, 0.4) is 0 Å². The fourth-order valence-corrected chi connectivity index (χ4v) is 4.59. The predicted molar refractivity (Wildman–Crippen MR) is 129 cm³/mol. The summed E-state index contributed by atoms with van der Waals surface area (Å²) in [5.74, 6) is 0.480. The van der Waals surface area contributed by atoms with E-state index in [-0.39, 0.29) is 29.2 Å². The van der Waals surface area contributed by atoms with Gasteiger partial charge in [0.25, 0.3) is 12.0 Å². The van der Waals surface area contributed by atoms with E-state index in [4.69, 9.17) is 0 Å². The van der Waals surface area contributed by atoms with Crippen LogP contribution in [-0.4, -0.2) is 19.5 Å². The van der Waals surface area contributed by atoms with Gasteiger partial charge < -0.3 is 0 Å². The molecule has 8 heteroatoms. The Bertz CT molecular complexity index is 1360. The molecule has 0 atom stereocenters. The lowest BCUT2D eigenvalue weighted by molar-refractivity contribution is 0.149. The van der Waals surface area contributed by atoms with Crippen molar-refractivity contribution in [2.75, 3.05) is 0 Å². The first-order valence-electron chi connectivity index (χ1n) is 11.6. The average Bonchev–Trinajstić information content (AvgIpc) is 3.36. The third kappa shape index (κ3) is 5.58. The van der Waals surface area contributed by atoms with Crippen molar-refractivity contribution < 1.29 is 13.2 Å². The zero-order valence-electron chi connectivity index (χ0n) is 19.7. The second-order valence-corrected chi connectivity index (χ2v) is 8.77. The highest BCUT2D eigenvalue weighted by molar-refractivity contribution is 5.69. The minimum Gasteiger partial charge on any atom is -0.285 e. The number of pyridine rings is 2. The van der Waals surface area contributed by atoms with Crippen LogP contribution in [0.1, 0.15) is 66.1 Å². The molecule has 0 N–H and O–H groups in total. The van der Waals surface area contributed by atoms with Crippen molar-refractivity contribution in [3.63, 3.8) is 0 Å². The Morgan fingerprint density at radius 2 is 1.80 bits per heavy atom. The molecule has 5 nitrogen and oxygen atoms in total. The molecule has 182 valence electrons. The van der Waals surface area contributed by atoms with Crippen molar-refractivity contribution in [1.82, 2.24) is 19.5 Å². The fraction of sp³-hybridized carbons (Fsp3) is 0.333. The first kappa shape index (κ1) is 24.6. The molecule has 3 heterocycles. The topological polar surface area (TPSA) is 60.7 Å². The lowest BCUT2D eigenvalue weighted by Crippen LogP contribution is -2.22. The number of rotatable bonds is 4. The van der Waals surface area contributed by atoms with E-state index >= 15 is 0 Å². The van der Waals surface area contributed by atoms with Gasteiger partial charge in [0.15, 0.2) is 5.65 Å². The molecule has 0 amide bonds. The smallest absolute Gasteiger partial charge is 0.265 e. The number of alkyl halides is 2. The Labute approximate surface area is 201 Å². The molecule has 1 fully saturated rings. The van der Waals surface area contributed by atoms with E-state index in [1.54, 1.807) is 31.3 Å². The Kier molecular flexibility index (Phi) is 7.58. The van der Waals surface area contributed by atoms with Crippen LogP contribution < -0.4 is 5.56 Å². The maximum absolute atomic E-state index is 13.5. The van der Waals surface area contributed by atoms with Gasteiger partial charge in [-0.2, -0.15) is 0 Å². The quantitative estimate of drug-likeness (QED) is 0.345. The number of aryl methyl sites for hydroxylation is 2. The van der Waals surface area contributed by atoms with Crippen molar-refractivity contribution in [2.24, 2.45) is 0 Å². The SMILES string of the molecule is Cc1cccc(F)c1C1CCCC1.Cc1cnc2ccc(=O)n(Cc3ncccc3C(F)F)c2n1. The summed E-state index contributed by atoms with van der Waals surface area (Å²) in [6, 6.07) is 11.0. The van der Waals surface area contributed by atoms with Crippen LogP contribution in [0.25, 0.3) is 11.2 Å². The maximum Gasteiger partial charge on any atom is 0.265 e. The van der Waals surface area contributed by atoms with Crippen LogP contribution in [0.15, 0.2) is 59.7 Å². The van der Waals surface area contributed by atoms with Crippen molar-refractivity contribution in [2.45, 2.75) is 58.4 Å². The van der Waals surface area contributed by atoms with Gasteiger partial charge in [0.05, 0.1) is 17.9 Å². The van der Waals surface area contributed by atoms with Crippen LogP contribution in [-0.2, 0) is 6.54 Å². The molecule has 0 aliphatic heterocycles. The van der Waals surface area contributed by atoms with E-state index < -0.39 is 6.43 Å². The van der Waals surface area contributed by atoms with Gasteiger partial charge in [-0.3, -0.25) is 19.3 Å². The van der Waals surface area contributed by atoms with E-state index in [1.807, 2.05) is 13.0 Å². The van der Waals surface area contributed by atoms with Crippen molar-refractivity contribution in [3.8, 4) is 0 Å². The second-order valence-electron chi connectivity index (χ2n) is 8.77. The standard InChI is InChI=1S/C15H12F2N4O.C12H15F/c1-9-7-19-11-4-5-13(22)21(15(11)20-9)8-12-10(14(16)17)3-2-6-18-12;1-9-5-4-8-11(13)12(9)10-6-2-3-7-10/h2-7,14H,8H2,1H3;4-5,8,10H,2-3,6-7H2,1H3. The normalized spacial score (nSPS) is 13.8. The summed E-state index contributed by atoms with van der Waals surface area (Å²) in [4.78, 5) is 24.6. The van der Waals surface area contributed by atoms with Gasteiger partial charge in [0.2, 0.25) is 0 Å². The third-order valence-electron chi connectivity index (χ3n) is 6.31. The van der Waals surface area contributed by atoms with Gasteiger partial charge in [-0.15, -0.1) is 0 Å². The molecule has 0 radical (unpaired) electrons. The molecule has 0 bridgehead atoms. The summed E-state index contributed by atoms with van der Waals surface area (Å²) in [5.41, 5.74) is 3.24. The molecule has 1 aliphatic rings. The van der Waals surface area contributed by atoms with Gasteiger partial charge >= 0.3 is 0 Å². The lowest BCUT2D eigenvalue weighted by Gasteiger charge is -2.13. The molecule has 1 saturated carbocycles. The Hall–Kier alpha value is -3.55. The van der Waals surface area contributed by atoms with Crippen LogP contribution in [0.4, 0.5) is 13.2 Å². The van der Waals surface area contributed by atoms with Gasteiger partial charge in [-0.1, -0.05) is 25.0 Å². The van der Waals surface area contributed by atoms with Gasteiger partial charge in [0.1, 0.15) is 11.3 Å². The number of hydrogen-bond donors (Lipinski definition) is 0. The number of benzene rings is 1. The molecule has 3 aromatic heterocycles. The Balaban J connectivity index is 0.000000189. The lowest BCUT2D eigenvalue weighted by atomic mass is 9.93. The molecule has 35 heavy (non-hydrogen) atoms. The molecule has 4 aromatic rings. The summed E-state index contributed by atoms with van der Waals surface area (Å²) < 4.78 is 40.9. The summed E-state index contributed by atoms with van der Waals surface area (Å²) in [6.07, 6.45) is 5.22. The van der Waals surface area contributed by atoms with Crippen LogP contribution >= 0.6 is 0 Å². The van der Waals surface area contributed by atoms with E-state index in [9.17, 15) is 18.0 Å². The zero-order valence-corrected chi connectivity index (χ0v) is 19.7. The van der Waals surface area contributed by atoms with Gasteiger partial charge in [-0.05, 0) is 68.0 Å². The number of aromatic nitrogens is 4. The number of nitrogens with zero attached hydrogens (tertiary/aromatic N) is 4. The van der Waals surface area contributed by atoms with Crippen LogP contribution in [0, 0.1) is 19.7 Å². The molecule has 1 aromatic carbocycles. The summed E-state index contributed by atoms with van der Waals surface area (Å²) >= 11 is 0. The highest BCUT2D eigenvalue weighted by Crippen LogP contribution is 2.36. The van der Waals surface area contributed by atoms with E-state index in [2.05, 4.69) is 15.0 Å². The van der Waals surface area contributed by atoms with Crippen LogP contribution in [0.5, 0.6) is 0 Å². The molecular formula is C27H27F3N4O. The van der Waals surface area contributed by atoms with E-state index in [1.165, 1.54) is 54.6 Å². The third-order valence-corrected chi connectivity index (χ3v) is 6.31. The van der Waals surface area contributed by atoms with Gasteiger partial charge in [0, 0.05) is 24.0 Å². The number of fused-ring (bicyclic) bond motifs is 1. The van der Waals surface area contributed by atoms with E-state index in [0.717, 1.165) is 11.1 Å². The Morgan fingerprint density at radius 1 is 1.03 bits per heavy atom. The second kappa shape index (κ2) is 10.8. The minimum absolute atomic E-state index is 0.00750. The zero-order chi connectivity index (χ0) is 24.9. The van der Waals surface area contributed by atoms with E-state index in [0.29, 0.717) is 22.8 Å². The average molecular weight is 481 g/mol. The minimum atomic E-state index is -2.65. The van der Waals surface area contributed by atoms with Crippen molar-refractivity contribution in [1.29, 1.82) is 0 Å². The van der Waals surface area contributed by atoms with Gasteiger partial charge in [-0.25, -0.2) is 18.2 Å². The molecule has 0 spiro atoms. The first-order chi connectivity index (χ1) is 16.8. The number of hydrogen-bond acceptors (Lipinski definition) is 4. The van der Waals surface area contributed by atoms with Crippen molar-refractivity contribution >= 4 is 11.2 Å². The monoisotopic (exact) mass is 480 g/mol. The highest BCUT2D eigenvalue weighted by atomic mass is 19.3. The summed E-state index contributed by atoms with van der Waals surface area (Å²) in [6.45, 7) is 3.69. The highest BCUT2D eigenvalue weighted by Gasteiger charge is 2.21. The molecule has 0 saturated heterocycles. The first-order valence-corrected chi connectivity index (χ1v) is 11.6. The molecule has 1 aliphatic carbocycles.